The first kappa shape index (κ1) is 16.3. The number of hydrogen-bond acceptors (Lipinski definition) is 4. The summed E-state index contributed by atoms with van der Waals surface area (Å²) in [5, 5.41) is 6.73. The molecule has 1 unspecified atom stereocenters. The van der Waals surface area contributed by atoms with Crippen molar-refractivity contribution in [3.05, 3.63) is 24.3 Å². The summed E-state index contributed by atoms with van der Waals surface area (Å²) in [6.07, 6.45) is 4.23. The molecular weight excluding hydrogens is 284 g/mol. The van der Waals surface area contributed by atoms with Gasteiger partial charge in [-0.05, 0) is 56.8 Å². The molecule has 0 spiro atoms. The van der Waals surface area contributed by atoms with Crippen molar-refractivity contribution in [1.82, 2.24) is 5.32 Å². The molecule has 0 saturated carbocycles. The normalized spacial score (nSPS) is 19.4. The molecule has 1 aromatic carbocycles. The SMILES string of the molecule is CCCS(=O)(=O)c1ccccc1NCCC1CCCNC1. The summed E-state index contributed by atoms with van der Waals surface area (Å²) in [5.74, 6) is 0.906. The van der Waals surface area contributed by atoms with Gasteiger partial charge in [0.1, 0.15) is 0 Å². The van der Waals surface area contributed by atoms with Gasteiger partial charge >= 0.3 is 0 Å². The third-order valence-electron chi connectivity index (χ3n) is 3.96. The highest BCUT2D eigenvalue weighted by molar-refractivity contribution is 7.91. The zero-order valence-corrected chi connectivity index (χ0v) is 13.6. The third kappa shape index (κ3) is 4.71. The van der Waals surface area contributed by atoms with Gasteiger partial charge in [0.2, 0.25) is 0 Å². The second-order valence-electron chi connectivity index (χ2n) is 5.74. The standard InChI is InChI=1S/C16H26N2O2S/c1-2-12-21(19,20)16-8-4-3-7-15(16)18-11-9-14-6-5-10-17-13-14/h3-4,7-8,14,17-18H,2,5-6,9-13H2,1H3. The van der Waals surface area contributed by atoms with E-state index in [1.54, 1.807) is 12.1 Å². The van der Waals surface area contributed by atoms with Crippen LogP contribution in [-0.4, -0.2) is 33.8 Å². The molecule has 0 amide bonds. The number of benzene rings is 1. The zero-order valence-electron chi connectivity index (χ0n) is 12.8. The number of rotatable bonds is 7. The maximum absolute atomic E-state index is 12.3. The van der Waals surface area contributed by atoms with Crippen LogP contribution in [0.25, 0.3) is 0 Å². The van der Waals surface area contributed by atoms with Crippen LogP contribution in [0.15, 0.2) is 29.2 Å². The highest BCUT2D eigenvalue weighted by Crippen LogP contribution is 2.23. The predicted molar refractivity (Wildman–Crippen MR) is 87.5 cm³/mol. The average Bonchev–Trinajstić information content (AvgIpc) is 2.49. The molecule has 118 valence electrons. The van der Waals surface area contributed by atoms with Gasteiger partial charge in [0, 0.05) is 6.54 Å². The lowest BCUT2D eigenvalue weighted by molar-refractivity contribution is 0.364. The van der Waals surface area contributed by atoms with Crippen LogP contribution in [0.4, 0.5) is 5.69 Å². The highest BCUT2D eigenvalue weighted by atomic mass is 32.2. The van der Waals surface area contributed by atoms with Gasteiger partial charge in [-0.2, -0.15) is 0 Å². The Morgan fingerprint density at radius 1 is 1.33 bits per heavy atom. The minimum Gasteiger partial charge on any atom is -0.384 e. The maximum Gasteiger partial charge on any atom is 0.180 e. The molecule has 4 nitrogen and oxygen atoms in total. The molecule has 1 atom stereocenters. The summed E-state index contributed by atoms with van der Waals surface area (Å²) < 4.78 is 24.5. The van der Waals surface area contributed by atoms with Gasteiger partial charge in [-0.25, -0.2) is 8.42 Å². The van der Waals surface area contributed by atoms with Gasteiger partial charge in [0.05, 0.1) is 16.3 Å². The lowest BCUT2D eigenvalue weighted by Gasteiger charge is -2.23. The van der Waals surface area contributed by atoms with E-state index in [-0.39, 0.29) is 5.75 Å². The Hall–Kier alpha value is -1.07. The van der Waals surface area contributed by atoms with E-state index in [1.807, 2.05) is 19.1 Å². The topological polar surface area (TPSA) is 58.2 Å². The fraction of sp³-hybridized carbons (Fsp3) is 0.625. The molecule has 2 rings (SSSR count). The van der Waals surface area contributed by atoms with Crippen LogP contribution >= 0.6 is 0 Å². The molecule has 0 radical (unpaired) electrons. The van der Waals surface area contributed by atoms with Crippen molar-refractivity contribution in [2.75, 3.05) is 30.7 Å². The molecule has 0 aliphatic carbocycles. The number of anilines is 1. The lowest BCUT2D eigenvalue weighted by Crippen LogP contribution is -2.30. The van der Waals surface area contributed by atoms with Crippen LogP contribution < -0.4 is 10.6 Å². The van der Waals surface area contributed by atoms with E-state index in [0.717, 1.165) is 31.7 Å². The molecule has 1 aliphatic rings. The molecule has 1 fully saturated rings. The Bertz CT molecular complexity index is 537. The van der Waals surface area contributed by atoms with Crippen molar-refractivity contribution < 1.29 is 8.42 Å². The van der Waals surface area contributed by atoms with E-state index in [1.165, 1.54) is 12.8 Å². The largest absolute Gasteiger partial charge is 0.384 e. The molecule has 1 saturated heterocycles. The number of sulfone groups is 1. The van der Waals surface area contributed by atoms with Gasteiger partial charge in [-0.1, -0.05) is 19.1 Å². The summed E-state index contributed by atoms with van der Waals surface area (Å²) in [6, 6.07) is 7.24. The number of hydrogen-bond donors (Lipinski definition) is 2. The monoisotopic (exact) mass is 310 g/mol. The van der Waals surface area contributed by atoms with Crippen LogP contribution in [0.5, 0.6) is 0 Å². The second kappa shape index (κ2) is 7.80. The molecule has 1 aliphatic heterocycles. The van der Waals surface area contributed by atoms with Gasteiger partial charge in [-0.3, -0.25) is 0 Å². The van der Waals surface area contributed by atoms with Gasteiger partial charge < -0.3 is 10.6 Å². The third-order valence-corrected chi connectivity index (χ3v) is 5.93. The van der Waals surface area contributed by atoms with Gasteiger partial charge in [0.15, 0.2) is 9.84 Å². The Morgan fingerprint density at radius 2 is 2.14 bits per heavy atom. The highest BCUT2D eigenvalue weighted by Gasteiger charge is 2.17. The van der Waals surface area contributed by atoms with E-state index in [2.05, 4.69) is 10.6 Å². The molecule has 21 heavy (non-hydrogen) atoms. The minimum absolute atomic E-state index is 0.207. The van der Waals surface area contributed by atoms with E-state index in [0.29, 0.717) is 17.2 Å². The fourth-order valence-electron chi connectivity index (χ4n) is 2.84. The second-order valence-corrected chi connectivity index (χ2v) is 7.82. The molecule has 0 bridgehead atoms. The summed E-state index contributed by atoms with van der Waals surface area (Å²) >= 11 is 0. The number of piperidine rings is 1. The van der Waals surface area contributed by atoms with Crippen LogP contribution in [0.2, 0.25) is 0 Å². The Labute approximate surface area is 128 Å². The van der Waals surface area contributed by atoms with Crippen LogP contribution in [0.3, 0.4) is 0 Å². The van der Waals surface area contributed by atoms with E-state index in [9.17, 15) is 8.42 Å². The summed E-state index contributed by atoms with van der Waals surface area (Å²) in [7, 11) is -3.17. The van der Waals surface area contributed by atoms with Gasteiger partial charge in [0.25, 0.3) is 0 Å². The quantitative estimate of drug-likeness (QED) is 0.813. The van der Waals surface area contributed by atoms with Crippen molar-refractivity contribution >= 4 is 15.5 Å². The summed E-state index contributed by atoms with van der Waals surface area (Å²) in [5.41, 5.74) is 0.745. The fourth-order valence-corrected chi connectivity index (χ4v) is 4.36. The molecule has 1 aromatic rings. The molecule has 5 heteroatoms. The Morgan fingerprint density at radius 3 is 2.86 bits per heavy atom. The molecule has 0 aromatic heterocycles. The summed E-state index contributed by atoms with van der Waals surface area (Å²) in [4.78, 5) is 0.439. The van der Waals surface area contributed by atoms with Crippen LogP contribution in [0, 0.1) is 5.92 Å². The number of nitrogens with one attached hydrogen (secondary N) is 2. The van der Waals surface area contributed by atoms with Crippen molar-refractivity contribution in [3.63, 3.8) is 0 Å². The van der Waals surface area contributed by atoms with Crippen molar-refractivity contribution in [2.45, 2.75) is 37.5 Å². The van der Waals surface area contributed by atoms with Crippen molar-refractivity contribution in [3.8, 4) is 0 Å². The summed E-state index contributed by atoms with van der Waals surface area (Å²) in [6.45, 7) is 4.92. The Balaban J connectivity index is 1.96. The van der Waals surface area contributed by atoms with E-state index < -0.39 is 9.84 Å². The van der Waals surface area contributed by atoms with Crippen LogP contribution in [-0.2, 0) is 9.84 Å². The van der Waals surface area contributed by atoms with Gasteiger partial charge in [-0.15, -0.1) is 0 Å². The smallest absolute Gasteiger partial charge is 0.180 e. The lowest BCUT2D eigenvalue weighted by atomic mass is 9.96. The van der Waals surface area contributed by atoms with Crippen molar-refractivity contribution in [1.29, 1.82) is 0 Å². The molecular formula is C16H26N2O2S. The van der Waals surface area contributed by atoms with E-state index in [4.69, 9.17) is 0 Å². The van der Waals surface area contributed by atoms with Crippen LogP contribution in [0.1, 0.15) is 32.6 Å². The maximum atomic E-state index is 12.3. The first-order chi connectivity index (χ1) is 10.1. The van der Waals surface area contributed by atoms with E-state index >= 15 is 0 Å². The first-order valence-corrected chi connectivity index (χ1v) is 9.55. The Kier molecular flexibility index (Phi) is 6.06. The molecule has 1 heterocycles. The minimum atomic E-state index is -3.17. The van der Waals surface area contributed by atoms with Crippen molar-refractivity contribution in [2.24, 2.45) is 5.92 Å². The first-order valence-electron chi connectivity index (χ1n) is 7.90. The zero-order chi connectivity index (χ0) is 15.1. The number of para-hydroxylation sites is 1. The molecule has 2 N–H and O–H groups in total. The average molecular weight is 310 g/mol. The predicted octanol–water partition coefficient (Wildman–Crippen LogP) is 2.67.